The van der Waals surface area contributed by atoms with Crippen LogP contribution in [0.5, 0.6) is 5.75 Å². The molecule has 0 saturated carbocycles. The summed E-state index contributed by atoms with van der Waals surface area (Å²) in [5, 5.41) is 9.04. The zero-order valence-corrected chi connectivity index (χ0v) is 12.8. The Labute approximate surface area is 132 Å². The van der Waals surface area contributed by atoms with E-state index in [1.54, 1.807) is 24.3 Å². The van der Waals surface area contributed by atoms with E-state index in [2.05, 4.69) is 15.9 Å². The van der Waals surface area contributed by atoms with Crippen LogP contribution in [0.15, 0.2) is 50.4 Å². The van der Waals surface area contributed by atoms with E-state index in [1.807, 2.05) is 0 Å². The number of carbonyl (C=O) groups excluding carboxylic acids is 2. The number of aromatic hydroxyl groups is 1. The quantitative estimate of drug-likeness (QED) is 0.814. The summed E-state index contributed by atoms with van der Waals surface area (Å²) in [5.74, 6) is 0.0249. The highest BCUT2D eigenvalue weighted by atomic mass is 79.9. The number of hydrogen-bond acceptors (Lipinski definition) is 5. The highest BCUT2D eigenvalue weighted by molar-refractivity contribution is 9.10. The van der Waals surface area contributed by atoms with Gasteiger partial charge in [-0.05, 0) is 52.0 Å². The number of halogens is 1. The van der Waals surface area contributed by atoms with Crippen LogP contribution in [0.1, 0.15) is 5.76 Å². The summed E-state index contributed by atoms with van der Waals surface area (Å²) in [5.41, 5.74) is 0.335. The largest absolute Gasteiger partial charge is 0.508 e. The molecule has 0 radical (unpaired) electrons. The van der Waals surface area contributed by atoms with Gasteiger partial charge in [0, 0.05) is 12.1 Å². The van der Waals surface area contributed by atoms with Crippen molar-refractivity contribution in [3.63, 3.8) is 0 Å². The molecule has 2 aromatic rings. The van der Waals surface area contributed by atoms with Crippen LogP contribution >= 0.6 is 27.7 Å². The van der Waals surface area contributed by atoms with Crippen molar-refractivity contribution in [1.82, 2.24) is 0 Å². The zero-order chi connectivity index (χ0) is 15.0. The van der Waals surface area contributed by atoms with Crippen molar-refractivity contribution >= 4 is 50.6 Å². The highest BCUT2D eigenvalue weighted by Crippen LogP contribution is 2.36. The van der Waals surface area contributed by atoms with Gasteiger partial charge in [-0.25, -0.2) is 4.90 Å². The molecular formula is C14H8BrNO4S. The smallest absolute Gasteiger partial charge is 0.298 e. The molecule has 1 fully saturated rings. The third-order valence-electron chi connectivity index (χ3n) is 2.75. The summed E-state index contributed by atoms with van der Waals surface area (Å²) in [6.07, 6.45) is 1.51. The van der Waals surface area contributed by atoms with E-state index in [9.17, 15) is 14.7 Å². The minimum atomic E-state index is -0.442. The van der Waals surface area contributed by atoms with Gasteiger partial charge in [-0.15, -0.1) is 0 Å². The van der Waals surface area contributed by atoms with Gasteiger partial charge in [0.25, 0.3) is 11.1 Å². The van der Waals surface area contributed by atoms with Crippen LogP contribution in [-0.4, -0.2) is 16.3 Å². The number of carbonyl (C=O) groups is 2. The second-order valence-electron chi connectivity index (χ2n) is 4.18. The van der Waals surface area contributed by atoms with Crippen LogP contribution in [0, 0.1) is 0 Å². The fourth-order valence-electron chi connectivity index (χ4n) is 1.86. The lowest BCUT2D eigenvalue weighted by molar-refractivity contribution is -0.113. The molecule has 1 aromatic carbocycles. The fraction of sp³-hybridized carbons (Fsp3) is 0. The van der Waals surface area contributed by atoms with Crippen molar-refractivity contribution in [3.8, 4) is 5.75 Å². The van der Waals surface area contributed by atoms with Gasteiger partial charge >= 0.3 is 0 Å². The van der Waals surface area contributed by atoms with E-state index in [-0.39, 0.29) is 10.7 Å². The van der Waals surface area contributed by atoms with Crippen molar-refractivity contribution < 1.29 is 19.1 Å². The minimum absolute atomic E-state index is 0.00880. The molecule has 2 amide bonds. The lowest BCUT2D eigenvalue weighted by Crippen LogP contribution is -2.27. The van der Waals surface area contributed by atoms with Gasteiger partial charge in [-0.3, -0.25) is 9.59 Å². The Bertz CT molecular complexity index is 768. The predicted octanol–water partition coefficient (Wildman–Crippen LogP) is 3.99. The van der Waals surface area contributed by atoms with Gasteiger partial charge in [0.1, 0.15) is 11.5 Å². The Hall–Kier alpha value is -1.99. The van der Waals surface area contributed by atoms with Gasteiger partial charge in [-0.2, -0.15) is 0 Å². The molecular weight excluding hydrogens is 358 g/mol. The van der Waals surface area contributed by atoms with Crippen molar-refractivity contribution in [2.75, 3.05) is 4.90 Å². The lowest BCUT2D eigenvalue weighted by atomic mass is 10.2. The number of hydrogen-bond donors (Lipinski definition) is 1. The number of rotatable bonds is 2. The van der Waals surface area contributed by atoms with Crippen molar-refractivity contribution in [1.29, 1.82) is 0 Å². The number of benzene rings is 1. The molecule has 0 atom stereocenters. The predicted molar refractivity (Wildman–Crippen MR) is 83.0 cm³/mol. The van der Waals surface area contributed by atoms with Gasteiger partial charge in [0.05, 0.1) is 10.6 Å². The average Bonchev–Trinajstić information content (AvgIpc) is 2.94. The van der Waals surface area contributed by atoms with Crippen LogP contribution < -0.4 is 4.90 Å². The first kappa shape index (κ1) is 14.0. The summed E-state index contributed by atoms with van der Waals surface area (Å²) in [6, 6.07) is 9.38. The number of phenolic OH excluding ortho intramolecular Hbond substituents is 1. The zero-order valence-electron chi connectivity index (χ0n) is 10.4. The molecule has 1 aromatic heterocycles. The number of imide groups is 1. The van der Waals surface area contributed by atoms with Crippen LogP contribution in [-0.2, 0) is 4.79 Å². The monoisotopic (exact) mass is 365 g/mol. The maximum absolute atomic E-state index is 12.3. The number of anilines is 1. The number of phenols is 1. The summed E-state index contributed by atoms with van der Waals surface area (Å²) in [4.78, 5) is 25.6. The summed E-state index contributed by atoms with van der Waals surface area (Å²) >= 11 is 4.00. The van der Waals surface area contributed by atoms with E-state index in [1.165, 1.54) is 18.2 Å². The molecule has 2 heterocycles. The van der Waals surface area contributed by atoms with Crippen molar-refractivity contribution in [2.45, 2.75) is 0 Å². The molecule has 21 heavy (non-hydrogen) atoms. The summed E-state index contributed by atoms with van der Waals surface area (Å²) in [7, 11) is 0. The van der Waals surface area contributed by atoms with E-state index in [0.717, 1.165) is 16.7 Å². The number of nitrogens with zero attached hydrogens (tertiary/aromatic N) is 1. The van der Waals surface area contributed by atoms with E-state index in [4.69, 9.17) is 4.42 Å². The van der Waals surface area contributed by atoms with Gasteiger partial charge < -0.3 is 9.52 Å². The molecule has 0 aliphatic carbocycles. The first-order valence-electron chi connectivity index (χ1n) is 5.87. The van der Waals surface area contributed by atoms with Crippen molar-refractivity contribution in [3.05, 3.63) is 51.7 Å². The molecule has 1 saturated heterocycles. The second-order valence-corrected chi connectivity index (χ2v) is 5.95. The first-order chi connectivity index (χ1) is 10.0. The molecule has 5 nitrogen and oxygen atoms in total. The average molecular weight is 366 g/mol. The summed E-state index contributed by atoms with van der Waals surface area (Å²) in [6.45, 7) is 0. The van der Waals surface area contributed by atoms with Crippen molar-refractivity contribution in [2.24, 2.45) is 0 Å². The summed E-state index contributed by atoms with van der Waals surface area (Å²) < 4.78 is 5.84. The van der Waals surface area contributed by atoms with E-state index in [0.29, 0.717) is 16.1 Å². The maximum Gasteiger partial charge on any atom is 0.298 e. The molecule has 0 unspecified atom stereocenters. The molecule has 1 aliphatic rings. The Kier molecular flexibility index (Phi) is 3.60. The Morgan fingerprint density at radius 2 is 2.05 bits per heavy atom. The Morgan fingerprint density at radius 3 is 2.71 bits per heavy atom. The van der Waals surface area contributed by atoms with Gasteiger partial charge in [0.15, 0.2) is 4.67 Å². The minimum Gasteiger partial charge on any atom is -0.508 e. The standard InChI is InChI=1S/C14H8BrNO4S/c15-12-5-4-10(20-12)7-11-13(18)16(14(19)21-11)8-2-1-3-9(17)6-8/h1-7,17H/b11-7-. The number of furan rings is 1. The molecule has 1 aliphatic heterocycles. The third-order valence-corrected chi connectivity index (χ3v) is 4.04. The first-order valence-corrected chi connectivity index (χ1v) is 7.48. The van der Waals surface area contributed by atoms with Gasteiger partial charge in [-0.1, -0.05) is 6.07 Å². The normalized spacial score (nSPS) is 17.0. The van der Waals surface area contributed by atoms with Crippen LogP contribution in [0.3, 0.4) is 0 Å². The topological polar surface area (TPSA) is 70.8 Å². The lowest BCUT2D eigenvalue weighted by Gasteiger charge is -2.12. The number of amides is 2. The second kappa shape index (κ2) is 5.42. The van der Waals surface area contributed by atoms with Gasteiger partial charge in [0.2, 0.25) is 0 Å². The van der Waals surface area contributed by atoms with E-state index < -0.39 is 11.1 Å². The Balaban J connectivity index is 1.94. The number of thioether (sulfide) groups is 1. The highest BCUT2D eigenvalue weighted by Gasteiger charge is 2.36. The molecule has 106 valence electrons. The van der Waals surface area contributed by atoms with Crippen LogP contribution in [0.4, 0.5) is 10.5 Å². The fourth-order valence-corrected chi connectivity index (χ4v) is 3.00. The Morgan fingerprint density at radius 1 is 1.24 bits per heavy atom. The third kappa shape index (κ3) is 2.74. The SMILES string of the molecule is O=C1S/C(=C\c2ccc(Br)o2)C(=O)N1c1cccc(O)c1. The molecule has 7 heteroatoms. The molecule has 0 bridgehead atoms. The molecule has 3 rings (SSSR count). The van der Waals surface area contributed by atoms with E-state index >= 15 is 0 Å². The molecule has 0 spiro atoms. The maximum atomic E-state index is 12.3. The molecule has 1 N–H and O–H groups in total. The van der Waals surface area contributed by atoms with Crippen LogP contribution in [0.25, 0.3) is 6.08 Å². The van der Waals surface area contributed by atoms with Crippen LogP contribution in [0.2, 0.25) is 0 Å².